The molecule has 2 N–H and O–H groups in total. The van der Waals surface area contributed by atoms with Crippen LogP contribution in [0.5, 0.6) is 0 Å². The first-order valence-corrected chi connectivity index (χ1v) is 6.44. The van der Waals surface area contributed by atoms with Crippen molar-refractivity contribution in [3.05, 3.63) is 33.8 Å². The fraction of sp³-hybridized carbons (Fsp3) is 0.462. The van der Waals surface area contributed by atoms with Crippen LogP contribution in [0.25, 0.3) is 0 Å². The summed E-state index contributed by atoms with van der Waals surface area (Å²) in [6.07, 6.45) is 1.02. The van der Waals surface area contributed by atoms with Gasteiger partial charge in [0.1, 0.15) is 6.10 Å². The van der Waals surface area contributed by atoms with Gasteiger partial charge in [0.2, 0.25) is 0 Å². The average molecular weight is 298 g/mol. The van der Waals surface area contributed by atoms with Crippen LogP contribution in [0, 0.1) is 5.41 Å². The SMILES string of the molecule is CC1(C)CCc2cc(Br)ccc2[C@@H]1OC(N)=O. The molecule has 0 heterocycles. The van der Waals surface area contributed by atoms with Crippen molar-refractivity contribution < 1.29 is 9.53 Å². The Balaban J connectivity index is 2.43. The molecule has 0 aromatic heterocycles. The van der Waals surface area contributed by atoms with Gasteiger partial charge in [-0.05, 0) is 36.1 Å². The minimum atomic E-state index is -0.709. The summed E-state index contributed by atoms with van der Waals surface area (Å²) in [6.45, 7) is 4.21. The van der Waals surface area contributed by atoms with E-state index in [0.717, 1.165) is 22.9 Å². The third-order valence-corrected chi connectivity index (χ3v) is 3.86. The van der Waals surface area contributed by atoms with E-state index in [4.69, 9.17) is 10.5 Å². The molecule has 17 heavy (non-hydrogen) atoms. The summed E-state index contributed by atoms with van der Waals surface area (Å²) < 4.78 is 6.35. The quantitative estimate of drug-likeness (QED) is 0.862. The summed E-state index contributed by atoms with van der Waals surface area (Å²) in [4.78, 5) is 11.0. The van der Waals surface area contributed by atoms with E-state index in [-0.39, 0.29) is 11.5 Å². The third kappa shape index (κ3) is 2.46. The largest absolute Gasteiger partial charge is 0.441 e. The van der Waals surface area contributed by atoms with E-state index in [9.17, 15) is 4.79 Å². The van der Waals surface area contributed by atoms with Crippen LogP contribution in [0.4, 0.5) is 4.79 Å². The predicted molar refractivity (Wildman–Crippen MR) is 69.7 cm³/mol. The highest BCUT2D eigenvalue weighted by Gasteiger charge is 2.38. The molecule has 0 spiro atoms. The van der Waals surface area contributed by atoms with Crippen LogP contribution in [0.3, 0.4) is 0 Å². The van der Waals surface area contributed by atoms with Gasteiger partial charge in [0, 0.05) is 9.89 Å². The number of primary amides is 1. The van der Waals surface area contributed by atoms with Crippen LogP contribution in [0.2, 0.25) is 0 Å². The Labute approximate surface area is 109 Å². The molecule has 1 aromatic rings. The number of amides is 1. The molecular formula is C13H16BrNO2. The Bertz CT molecular complexity index is 457. The molecule has 3 nitrogen and oxygen atoms in total. The Kier molecular flexibility index (Phi) is 3.17. The lowest BCUT2D eigenvalue weighted by atomic mass is 9.72. The fourth-order valence-corrected chi connectivity index (χ4v) is 2.80. The highest BCUT2D eigenvalue weighted by Crippen LogP contribution is 2.46. The van der Waals surface area contributed by atoms with Gasteiger partial charge in [0.25, 0.3) is 0 Å². The maximum Gasteiger partial charge on any atom is 0.405 e. The van der Waals surface area contributed by atoms with Crippen molar-refractivity contribution in [2.24, 2.45) is 11.1 Å². The molecule has 0 aliphatic heterocycles. The second-order valence-corrected chi connectivity index (χ2v) is 6.06. The van der Waals surface area contributed by atoms with Crippen molar-refractivity contribution in [1.82, 2.24) is 0 Å². The summed E-state index contributed by atoms with van der Waals surface area (Å²) in [6, 6.07) is 6.06. The number of benzene rings is 1. The number of rotatable bonds is 1. The molecule has 2 rings (SSSR count). The topological polar surface area (TPSA) is 52.3 Å². The van der Waals surface area contributed by atoms with Gasteiger partial charge >= 0.3 is 6.09 Å². The summed E-state index contributed by atoms with van der Waals surface area (Å²) in [5.41, 5.74) is 7.39. The van der Waals surface area contributed by atoms with E-state index in [1.165, 1.54) is 5.56 Å². The average Bonchev–Trinajstić information content (AvgIpc) is 2.22. The van der Waals surface area contributed by atoms with Gasteiger partial charge in [-0.2, -0.15) is 0 Å². The second kappa shape index (κ2) is 4.33. The Morgan fingerprint density at radius 2 is 2.24 bits per heavy atom. The minimum Gasteiger partial charge on any atom is -0.441 e. The van der Waals surface area contributed by atoms with Crippen LogP contribution >= 0.6 is 15.9 Å². The molecule has 0 unspecified atom stereocenters. The standard InChI is InChI=1S/C13H16BrNO2/c1-13(2)6-5-8-7-9(14)3-4-10(8)11(13)17-12(15)16/h3-4,7,11H,5-6H2,1-2H3,(H2,15,16)/t11-/m0/s1. The van der Waals surface area contributed by atoms with Crippen molar-refractivity contribution in [3.8, 4) is 0 Å². The summed E-state index contributed by atoms with van der Waals surface area (Å²) >= 11 is 3.46. The lowest BCUT2D eigenvalue weighted by Crippen LogP contribution is -2.33. The number of halogens is 1. The highest BCUT2D eigenvalue weighted by molar-refractivity contribution is 9.10. The Morgan fingerprint density at radius 3 is 2.88 bits per heavy atom. The van der Waals surface area contributed by atoms with Crippen LogP contribution in [0.1, 0.15) is 37.5 Å². The van der Waals surface area contributed by atoms with Crippen molar-refractivity contribution in [2.45, 2.75) is 32.8 Å². The molecule has 4 heteroatoms. The number of ether oxygens (including phenoxy) is 1. The second-order valence-electron chi connectivity index (χ2n) is 5.15. The molecule has 92 valence electrons. The minimum absolute atomic E-state index is 0.0736. The molecule has 0 radical (unpaired) electrons. The molecule has 0 bridgehead atoms. The molecule has 0 saturated carbocycles. The first-order chi connectivity index (χ1) is 7.90. The van der Waals surface area contributed by atoms with Crippen molar-refractivity contribution in [3.63, 3.8) is 0 Å². The summed E-state index contributed by atoms with van der Waals surface area (Å²) in [7, 11) is 0. The first kappa shape index (κ1) is 12.4. The number of hydrogen-bond acceptors (Lipinski definition) is 2. The predicted octanol–water partition coefficient (Wildman–Crippen LogP) is 3.56. The zero-order chi connectivity index (χ0) is 12.6. The van der Waals surface area contributed by atoms with E-state index in [1.54, 1.807) is 0 Å². The Hall–Kier alpha value is -1.03. The Morgan fingerprint density at radius 1 is 1.53 bits per heavy atom. The maximum absolute atomic E-state index is 11.0. The van der Waals surface area contributed by atoms with Crippen LogP contribution in [-0.4, -0.2) is 6.09 Å². The fourth-order valence-electron chi connectivity index (χ4n) is 2.39. The van der Waals surface area contributed by atoms with Crippen molar-refractivity contribution in [1.29, 1.82) is 0 Å². The van der Waals surface area contributed by atoms with Crippen molar-refractivity contribution in [2.75, 3.05) is 0 Å². The zero-order valence-corrected chi connectivity index (χ0v) is 11.6. The maximum atomic E-state index is 11.0. The van der Waals surface area contributed by atoms with Crippen LogP contribution < -0.4 is 5.73 Å². The summed E-state index contributed by atoms with van der Waals surface area (Å²) in [5, 5.41) is 0. The molecule has 1 aliphatic carbocycles. The number of carbonyl (C=O) groups excluding carboxylic acids is 1. The number of hydrogen-bond donors (Lipinski definition) is 1. The van der Waals surface area contributed by atoms with Gasteiger partial charge in [0.15, 0.2) is 0 Å². The van der Waals surface area contributed by atoms with E-state index < -0.39 is 6.09 Å². The lowest BCUT2D eigenvalue weighted by molar-refractivity contribution is 0.0147. The number of aryl methyl sites for hydroxylation is 1. The normalized spacial score (nSPS) is 21.7. The molecular weight excluding hydrogens is 282 g/mol. The number of carbonyl (C=O) groups is 1. The highest BCUT2D eigenvalue weighted by atomic mass is 79.9. The van der Waals surface area contributed by atoms with E-state index in [2.05, 4.69) is 35.8 Å². The zero-order valence-electron chi connectivity index (χ0n) is 10.00. The van der Waals surface area contributed by atoms with Gasteiger partial charge in [0.05, 0.1) is 0 Å². The van der Waals surface area contributed by atoms with Crippen LogP contribution in [-0.2, 0) is 11.2 Å². The molecule has 0 fully saturated rings. The summed E-state index contributed by atoms with van der Waals surface area (Å²) in [5.74, 6) is 0. The number of nitrogens with two attached hydrogens (primary N) is 1. The molecule has 1 aromatic carbocycles. The van der Waals surface area contributed by atoms with Crippen LogP contribution in [0.15, 0.2) is 22.7 Å². The van der Waals surface area contributed by atoms with Gasteiger partial charge in [-0.1, -0.05) is 35.8 Å². The monoisotopic (exact) mass is 297 g/mol. The molecule has 1 amide bonds. The van der Waals surface area contributed by atoms with E-state index >= 15 is 0 Å². The smallest absolute Gasteiger partial charge is 0.405 e. The van der Waals surface area contributed by atoms with Gasteiger partial charge < -0.3 is 10.5 Å². The molecule has 0 saturated heterocycles. The molecule has 1 atom stereocenters. The van der Waals surface area contributed by atoms with Gasteiger partial charge in [-0.15, -0.1) is 0 Å². The lowest BCUT2D eigenvalue weighted by Gasteiger charge is -2.38. The number of fused-ring (bicyclic) bond motifs is 1. The van der Waals surface area contributed by atoms with Gasteiger partial charge in [-0.25, -0.2) is 4.79 Å². The third-order valence-electron chi connectivity index (χ3n) is 3.37. The molecule has 1 aliphatic rings. The first-order valence-electron chi connectivity index (χ1n) is 5.64. The van der Waals surface area contributed by atoms with Crippen molar-refractivity contribution >= 4 is 22.0 Å². The van der Waals surface area contributed by atoms with E-state index in [1.807, 2.05) is 12.1 Å². The van der Waals surface area contributed by atoms with E-state index in [0.29, 0.717) is 0 Å². The van der Waals surface area contributed by atoms with Gasteiger partial charge in [-0.3, -0.25) is 0 Å².